The largest absolute Gasteiger partial charge is 0.493 e. The molecule has 1 heterocycles. The Balaban J connectivity index is 2.02. The number of carbonyl (C=O) groups excluding carboxylic acids is 1. The molecular formula is C19H26N2O3S. The predicted octanol–water partition coefficient (Wildman–Crippen LogP) is 3.42. The standard InChI is InChI=1S/C19H26N2O3S/c1-3-21(19(22)7-4-10-20)13-15-8-9-17(18(12-15)23-2)24-14-16-6-5-11-25-16/h5-6,8-9,11-12H,3-4,7,10,13-14,20H2,1-2H3. The van der Waals surface area contributed by atoms with Gasteiger partial charge in [0.25, 0.3) is 0 Å². The van der Waals surface area contributed by atoms with Crippen molar-refractivity contribution in [2.24, 2.45) is 5.73 Å². The molecule has 0 spiro atoms. The van der Waals surface area contributed by atoms with Gasteiger partial charge >= 0.3 is 0 Å². The van der Waals surface area contributed by atoms with Crippen LogP contribution in [0.2, 0.25) is 0 Å². The molecule has 0 unspecified atom stereocenters. The minimum atomic E-state index is 0.130. The van der Waals surface area contributed by atoms with E-state index in [1.807, 2.05) is 47.5 Å². The van der Waals surface area contributed by atoms with Crippen LogP contribution in [0.3, 0.4) is 0 Å². The highest BCUT2D eigenvalue weighted by Crippen LogP contribution is 2.29. The van der Waals surface area contributed by atoms with Crippen molar-refractivity contribution in [3.63, 3.8) is 0 Å². The number of carbonyl (C=O) groups is 1. The maximum absolute atomic E-state index is 12.2. The van der Waals surface area contributed by atoms with Crippen LogP contribution in [-0.2, 0) is 17.9 Å². The van der Waals surface area contributed by atoms with Gasteiger partial charge in [-0.1, -0.05) is 12.1 Å². The molecule has 25 heavy (non-hydrogen) atoms. The van der Waals surface area contributed by atoms with Crippen molar-refractivity contribution in [2.75, 3.05) is 20.2 Å². The summed E-state index contributed by atoms with van der Waals surface area (Å²) < 4.78 is 11.3. The molecule has 2 aromatic rings. The quantitative estimate of drug-likeness (QED) is 0.703. The van der Waals surface area contributed by atoms with Crippen molar-refractivity contribution < 1.29 is 14.3 Å². The van der Waals surface area contributed by atoms with Crippen LogP contribution in [0.1, 0.15) is 30.2 Å². The zero-order valence-corrected chi connectivity index (χ0v) is 15.7. The van der Waals surface area contributed by atoms with Crippen LogP contribution in [0.4, 0.5) is 0 Å². The van der Waals surface area contributed by atoms with Crippen molar-refractivity contribution in [1.29, 1.82) is 0 Å². The zero-order valence-electron chi connectivity index (χ0n) is 14.9. The van der Waals surface area contributed by atoms with Gasteiger partial charge in [-0.2, -0.15) is 0 Å². The molecule has 0 bridgehead atoms. The highest BCUT2D eigenvalue weighted by atomic mass is 32.1. The minimum absolute atomic E-state index is 0.130. The first-order chi connectivity index (χ1) is 12.2. The van der Waals surface area contributed by atoms with Gasteiger partial charge in [-0.15, -0.1) is 11.3 Å². The molecule has 0 radical (unpaired) electrons. The van der Waals surface area contributed by atoms with E-state index in [9.17, 15) is 4.79 Å². The van der Waals surface area contributed by atoms with Crippen molar-refractivity contribution in [1.82, 2.24) is 4.90 Å². The SMILES string of the molecule is CCN(Cc1ccc(OCc2cccs2)c(OC)c1)C(=O)CCCN. The molecule has 6 heteroatoms. The van der Waals surface area contributed by atoms with Gasteiger partial charge in [-0.05, 0) is 49.0 Å². The highest BCUT2D eigenvalue weighted by Gasteiger charge is 2.13. The number of benzene rings is 1. The highest BCUT2D eigenvalue weighted by molar-refractivity contribution is 7.09. The Morgan fingerprint density at radius 2 is 2.12 bits per heavy atom. The van der Waals surface area contributed by atoms with Gasteiger partial charge in [0.1, 0.15) is 6.61 Å². The summed E-state index contributed by atoms with van der Waals surface area (Å²) in [6, 6.07) is 9.86. The van der Waals surface area contributed by atoms with Crippen LogP contribution in [0.5, 0.6) is 11.5 Å². The molecule has 0 saturated carbocycles. The summed E-state index contributed by atoms with van der Waals surface area (Å²) in [5.41, 5.74) is 6.51. The van der Waals surface area contributed by atoms with Gasteiger partial charge in [0, 0.05) is 24.4 Å². The number of amides is 1. The molecule has 0 fully saturated rings. The topological polar surface area (TPSA) is 64.8 Å². The maximum Gasteiger partial charge on any atom is 0.222 e. The van der Waals surface area contributed by atoms with Crippen molar-refractivity contribution in [3.8, 4) is 11.5 Å². The molecule has 1 amide bonds. The lowest BCUT2D eigenvalue weighted by atomic mass is 10.1. The summed E-state index contributed by atoms with van der Waals surface area (Å²) in [6.07, 6.45) is 1.21. The van der Waals surface area contributed by atoms with Gasteiger partial charge < -0.3 is 20.1 Å². The van der Waals surface area contributed by atoms with Crippen LogP contribution in [0.25, 0.3) is 0 Å². The van der Waals surface area contributed by atoms with E-state index in [1.165, 1.54) is 0 Å². The van der Waals surface area contributed by atoms with E-state index in [4.69, 9.17) is 15.2 Å². The second-order valence-electron chi connectivity index (χ2n) is 5.65. The van der Waals surface area contributed by atoms with Crippen molar-refractivity contribution in [2.45, 2.75) is 32.9 Å². The molecule has 1 aromatic carbocycles. The fourth-order valence-electron chi connectivity index (χ4n) is 2.48. The number of thiophene rings is 1. The van der Waals surface area contributed by atoms with Crippen LogP contribution >= 0.6 is 11.3 Å². The average molecular weight is 362 g/mol. The summed E-state index contributed by atoms with van der Waals surface area (Å²) in [5.74, 6) is 1.52. The van der Waals surface area contributed by atoms with E-state index in [1.54, 1.807) is 18.4 Å². The number of rotatable bonds is 10. The Morgan fingerprint density at radius 3 is 2.76 bits per heavy atom. The zero-order chi connectivity index (χ0) is 18.1. The predicted molar refractivity (Wildman–Crippen MR) is 101 cm³/mol. The number of methoxy groups -OCH3 is 1. The number of hydrogen-bond acceptors (Lipinski definition) is 5. The fourth-order valence-corrected chi connectivity index (χ4v) is 3.10. The van der Waals surface area contributed by atoms with Crippen molar-refractivity contribution >= 4 is 17.2 Å². The summed E-state index contributed by atoms with van der Waals surface area (Å²) >= 11 is 1.66. The number of hydrogen-bond donors (Lipinski definition) is 1. The maximum atomic E-state index is 12.2. The number of nitrogens with two attached hydrogens (primary N) is 1. The van der Waals surface area contributed by atoms with Crippen molar-refractivity contribution in [3.05, 3.63) is 46.2 Å². The second-order valence-corrected chi connectivity index (χ2v) is 6.69. The molecule has 2 rings (SSSR count). The third kappa shape index (κ3) is 5.76. The third-order valence-corrected chi connectivity index (χ3v) is 4.73. The summed E-state index contributed by atoms with van der Waals surface area (Å²) in [4.78, 5) is 15.2. The molecular weight excluding hydrogens is 336 g/mol. The van der Waals surface area contributed by atoms with Crippen LogP contribution in [-0.4, -0.2) is 31.0 Å². The van der Waals surface area contributed by atoms with Crippen LogP contribution < -0.4 is 15.2 Å². The first-order valence-corrected chi connectivity index (χ1v) is 9.35. The molecule has 2 N–H and O–H groups in total. The van der Waals surface area contributed by atoms with E-state index in [-0.39, 0.29) is 5.91 Å². The molecule has 0 saturated heterocycles. The first kappa shape index (κ1) is 19.3. The minimum Gasteiger partial charge on any atom is -0.493 e. The fraction of sp³-hybridized carbons (Fsp3) is 0.421. The Kier molecular flexibility index (Phi) is 7.76. The monoisotopic (exact) mass is 362 g/mol. The third-order valence-electron chi connectivity index (χ3n) is 3.88. The Bertz CT molecular complexity index is 659. The van der Waals surface area contributed by atoms with E-state index >= 15 is 0 Å². The summed E-state index contributed by atoms with van der Waals surface area (Å²) in [5, 5.41) is 2.03. The molecule has 5 nitrogen and oxygen atoms in total. The summed E-state index contributed by atoms with van der Waals surface area (Å²) in [7, 11) is 1.63. The van der Waals surface area contributed by atoms with Gasteiger partial charge in [-0.25, -0.2) is 0 Å². The molecule has 136 valence electrons. The Labute approximate surface area is 153 Å². The lowest BCUT2D eigenvalue weighted by Gasteiger charge is -2.21. The smallest absolute Gasteiger partial charge is 0.222 e. The molecule has 1 aromatic heterocycles. The molecule has 0 aliphatic heterocycles. The van der Waals surface area contributed by atoms with Gasteiger partial charge in [0.05, 0.1) is 7.11 Å². The van der Waals surface area contributed by atoms with Gasteiger partial charge in [0.2, 0.25) is 5.91 Å². The summed E-state index contributed by atoms with van der Waals surface area (Å²) in [6.45, 7) is 4.26. The average Bonchev–Trinajstić information content (AvgIpc) is 3.16. The van der Waals surface area contributed by atoms with E-state index in [2.05, 4.69) is 0 Å². The van der Waals surface area contributed by atoms with Crippen LogP contribution in [0, 0.1) is 0 Å². The van der Waals surface area contributed by atoms with Crippen LogP contribution in [0.15, 0.2) is 35.7 Å². The lowest BCUT2D eigenvalue weighted by Crippen LogP contribution is -2.30. The van der Waals surface area contributed by atoms with E-state index < -0.39 is 0 Å². The van der Waals surface area contributed by atoms with Gasteiger partial charge in [-0.3, -0.25) is 4.79 Å². The molecule has 0 aliphatic carbocycles. The Hall–Kier alpha value is -2.05. The molecule has 0 atom stereocenters. The first-order valence-electron chi connectivity index (χ1n) is 8.47. The van der Waals surface area contributed by atoms with Gasteiger partial charge in [0.15, 0.2) is 11.5 Å². The van der Waals surface area contributed by atoms with E-state index in [0.29, 0.717) is 50.6 Å². The lowest BCUT2D eigenvalue weighted by molar-refractivity contribution is -0.131. The van der Waals surface area contributed by atoms with E-state index in [0.717, 1.165) is 10.4 Å². The normalized spacial score (nSPS) is 10.5. The second kappa shape index (κ2) is 10.1. The Morgan fingerprint density at radius 1 is 1.28 bits per heavy atom. The number of ether oxygens (including phenoxy) is 2. The number of nitrogens with zero attached hydrogens (tertiary/aromatic N) is 1. The molecule has 0 aliphatic rings.